The number of allylic oxidation sites excluding steroid dienone is 1. The van der Waals surface area contributed by atoms with Crippen molar-refractivity contribution in [3.63, 3.8) is 0 Å². The first-order chi connectivity index (χ1) is 16.2. The van der Waals surface area contributed by atoms with Crippen molar-refractivity contribution in [2.45, 2.75) is 38.6 Å². The quantitative estimate of drug-likeness (QED) is 0.442. The molecule has 0 spiro atoms. The monoisotopic (exact) mass is 494 g/mol. The molecule has 0 amide bonds. The van der Waals surface area contributed by atoms with Crippen LogP contribution in [0.15, 0.2) is 52.1 Å². The maximum Gasteiger partial charge on any atom is 0.338 e. The fourth-order valence-corrected chi connectivity index (χ4v) is 4.93. The Bertz CT molecular complexity index is 1300. The Morgan fingerprint density at radius 3 is 2.56 bits per heavy atom. The van der Waals surface area contributed by atoms with E-state index in [1.165, 1.54) is 11.8 Å². The molecule has 1 aromatic carbocycles. The minimum atomic E-state index is -0.855. The van der Waals surface area contributed by atoms with Crippen LogP contribution in [-0.2, 0) is 14.3 Å². The van der Waals surface area contributed by atoms with E-state index in [2.05, 4.69) is 17.1 Å². The third-order valence-electron chi connectivity index (χ3n) is 5.62. The highest BCUT2D eigenvalue weighted by molar-refractivity contribution is 7.99. The number of esters is 1. The van der Waals surface area contributed by atoms with Gasteiger partial charge in [0.1, 0.15) is 28.5 Å². The number of aromatic nitrogens is 1. The Labute approximate surface area is 207 Å². The number of thioether (sulfide) groups is 1. The van der Waals surface area contributed by atoms with Crippen LogP contribution in [0.3, 0.4) is 0 Å². The summed E-state index contributed by atoms with van der Waals surface area (Å²) >= 11 is 7.69. The summed E-state index contributed by atoms with van der Waals surface area (Å²) in [6.45, 7) is 7.50. The molecule has 9 heteroatoms. The number of hydrogen-bond acceptors (Lipinski definition) is 8. The molecule has 174 valence electrons. The van der Waals surface area contributed by atoms with Crippen molar-refractivity contribution in [3.05, 3.63) is 80.0 Å². The van der Waals surface area contributed by atoms with Crippen LogP contribution in [0.25, 0.3) is 0 Å². The van der Waals surface area contributed by atoms with Gasteiger partial charge in [-0.15, -0.1) is 0 Å². The van der Waals surface area contributed by atoms with Gasteiger partial charge < -0.3 is 15.2 Å². The van der Waals surface area contributed by atoms with Gasteiger partial charge in [-0.05, 0) is 50.5 Å². The number of hydrogen-bond donors (Lipinski definition) is 1. The van der Waals surface area contributed by atoms with Gasteiger partial charge in [-0.2, -0.15) is 10.5 Å². The molecule has 1 aromatic heterocycles. The minimum Gasteiger partial charge on any atom is -0.463 e. The number of aryl methyl sites for hydroxylation is 1. The first-order valence-electron chi connectivity index (χ1n) is 10.5. The highest BCUT2D eigenvalue weighted by Gasteiger charge is 2.38. The average molecular weight is 495 g/mol. The molecule has 2 N–H and O–H groups in total. The summed E-state index contributed by atoms with van der Waals surface area (Å²) in [7, 11) is 0. The average Bonchev–Trinajstić information content (AvgIpc) is 2.81. The van der Waals surface area contributed by atoms with Crippen molar-refractivity contribution in [3.8, 4) is 12.1 Å². The molecule has 7 nitrogen and oxygen atoms in total. The van der Waals surface area contributed by atoms with Crippen LogP contribution in [-0.4, -0.2) is 23.3 Å². The van der Waals surface area contributed by atoms with Crippen molar-refractivity contribution in [2.24, 2.45) is 5.73 Å². The van der Waals surface area contributed by atoms with E-state index in [0.29, 0.717) is 21.2 Å². The summed E-state index contributed by atoms with van der Waals surface area (Å²) in [5, 5.41) is 20.4. The van der Waals surface area contributed by atoms with Gasteiger partial charge in [-0.1, -0.05) is 41.6 Å². The minimum absolute atomic E-state index is 0.0720. The van der Waals surface area contributed by atoms with E-state index in [1.54, 1.807) is 31.2 Å². The number of nitriles is 2. The van der Waals surface area contributed by atoms with E-state index < -0.39 is 11.9 Å². The molecule has 1 atom stereocenters. The molecule has 0 unspecified atom stereocenters. The van der Waals surface area contributed by atoms with Crippen LogP contribution in [0.1, 0.15) is 40.8 Å². The number of carbonyl (C=O) groups is 1. The zero-order valence-electron chi connectivity index (χ0n) is 19.2. The zero-order chi connectivity index (χ0) is 25.0. The lowest BCUT2D eigenvalue weighted by atomic mass is 9.83. The molecule has 0 saturated carbocycles. The fraction of sp³-hybridized carbons (Fsp3) is 0.280. The highest BCUT2D eigenvalue weighted by atomic mass is 35.5. The van der Waals surface area contributed by atoms with Crippen LogP contribution in [0.4, 0.5) is 0 Å². The summed E-state index contributed by atoms with van der Waals surface area (Å²) in [6.07, 6.45) is 0. The molecule has 0 aliphatic carbocycles. The lowest BCUT2D eigenvalue weighted by Crippen LogP contribution is -2.27. The Morgan fingerprint density at radius 1 is 1.24 bits per heavy atom. The summed E-state index contributed by atoms with van der Waals surface area (Å²) < 4.78 is 11.1. The smallest absolute Gasteiger partial charge is 0.338 e. The number of ether oxygens (including phenoxy) is 2. The van der Waals surface area contributed by atoms with Gasteiger partial charge in [0, 0.05) is 10.7 Å². The van der Waals surface area contributed by atoms with Gasteiger partial charge in [-0.3, -0.25) is 0 Å². The van der Waals surface area contributed by atoms with E-state index in [1.807, 2.05) is 20.8 Å². The van der Waals surface area contributed by atoms with Gasteiger partial charge in [-0.25, -0.2) is 9.78 Å². The van der Waals surface area contributed by atoms with Gasteiger partial charge in [0.15, 0.2) is 0 Å². The maximum atomic E-state index is 13.1. The fourth-order valence-electron chi connectivity index (χ4n) is 3.66. The molecule has 1 aliphatic rings. The Kier molecular flexibility index (Phi) is 7.88. The molecule has 0 radical (unpaired) electrons. The van der Waals surface area contributed by atoms with Gasteiger partial charge in [0.25, 0.3) is 0 Å². The van der Waals surface area contributed by atoms with Gasteiger partial charge >= 0.3 is 5.97 Å². The number of pyridine rings is 1. The number of nitrogens with two attached hydrogens (primary N) is 1. The molecule has 3 rings (SSSR count). The second kappa shape index (κ2) is 10.6. The lowest BCUT2D eigenvalue weighted by molar-refractivity contribution is -0.139. The Morgan fingerprint density at radius 2 is 1.94 bits per heavy atom. The SMILES string of the molecule is CCOC(=O)C1=C(CSc2nc(C)c(C)c(C)c2C#N)OC(N)=C(C#N)[C@@H]1c1ccccc1Cl. The van der Waals surface area contributed by atoms with Crippen molar-refractivity contribution in [2.75, 3.05) is 12.4 Å². The molecule has 0 saturated heterocycles. The van der Waals surface area contributed by atoms with Crippen molar-refractivity contribution < 1.29 is 14.3 Å². The number of carbonyl (C=O) groups excluding carboxylic acids is 1. The van der Waals surface area contributed by atoms with E-state index in [-0.39, 0.29) is 35.1 Å². The predicted octanol–water partition coefficient (Wildman–Crippen LogP) is 4.95. The van der Waals surface area contributed by atoms with Crippen LogP contribution in [0.2, 0.25) is 5.02 Å². The Hall–Kier alpha value is -3.46. The zero-order valence-corrected chi connectivity index (χ0v) is 20.8. The van der Waals surface area contributed by atoms with Crippen molar-refractivity contribution >= 4 is 29.3 Å². The largest absolute Gasteiger partial charge is 0.463 e. The van der Waals surface area contributed by atoms with Gasteiger partial charge in [0.2, 0.25) is 5.88 Å². The molecular weight excluding hydrogens is 472 g/mol. The standard InChI is InChI=1S/C25H23ClN4O3S/c1-5-32-25(31)22-20(12-34-24-17(10-27)14(3)13(2)15(4)30-24)33-23(29)18(11-28)21(22)16-8-6-7-9-19(16)26/h6-9,21H,5,12,29H2,1-4H3/t21-/m0/s1. The first-order valence-corrected chi connectivity index (χ1v) is 11.8. The summed E-state index contributed by atoms with van der Waals surface area (Å²) in [6, 6.07) is 11.2. The number of nitrogens with zero attached hydrogens (tertiary/aromatic N) is 3. The molecule has 0 bridgehead atoms. The second-order valence-electron chi connectivity index (χ2n) is 7.53. The van der Waals surface area contributed by atoms with Crippen molar-refractivity contribution in [1.29, 1.82) is 10.5 Å². The number of benzene rings is 1. The molecule has 2 heterocycles. The van der Waals surface area contributed by atoms with Gasteiger partial charge in [0.05, 0.1) is 29.4 Å². The molecular formula is C25H23ClN4O3S. The van der Waals surface area contributed by atoms with E-state index in [0.717, 1.165) is 16.8 Å². The molecule has 1 aliphatic heterocycles. The normalized spacial score (nSPS) is 15.4. The summed E-state index contributed by atoms with van der Waals surface area (Å²) in [4.78, 5) is 17.7. The second-order valence-corrected chi connectivity index (χ2v) is 8.90. The molecule has 34 heavy (non-hydrogen) atoms. The first kappa shape index (κ1) is 25.2. The van der Waals surface area contributed by atoms with Crippen LogP contribution < -0.4 is 5.73 Å². The number of halogens is 1. The topological polar surface area (TPSA) is 122 Å². The molecule has 0 fully saturated rings. The van der Waals surface area contributed by atoms with Crippen LogP contribution in [0.5, 0.6) is 0 Å². The lowest BCUT2D eigenvalue weighted by Gasteiger charge is -2.28. The van der Waals surface area contributed by atoms with E-state index in [9.17, 15) is 15.3 Å². The summed E-state index contributed by atoms with van der Waals surface area (Å²) in [5.74, 6) is -1.23. The summed E-state index contributed by atoms with van der Waals surface area (Å²) in [5.41, 5.74) is 9.94. The van der Waals surface area contributed by atoms with E-state index in [4.69, 9.17) is 26.8 Å². The Balaban J connectivity index is 2.14. The highest BCUT2D eigenvalue weighted by Crippen LogP contribution is 2.43. The van der Waals surface area contributed by atoms with Crippen molar-refractivity contribution in [1.82, 2.24) is 4.98 Å². The van der Waals surface area contributed by atoms with Crippen LogP contribution >= 0.6 is 23.4 Å². The third-order valence-corrected chi connectivity index (χ3v) is 6.94. The predicted molar refractivity (Wildman–Crippen MR) is 130 cm³/mol. The maximum absolute atomic E-state index is 13.1. The number of rotatable bonds is 6. The van der Waals surface area contributed by atoms with Crippen LogP contribution in [0, 0.1) is 43.4 Å². The van der Waals surface area contributed by atoms with E-state index >= 15 is 0 Å². The third kappa shape index (κ3) is 4.75. The molecule has 2 aromatic rings.